The third kappa shape index (κ3) is 4.25. The van der Waals surface area contributed by atoms with Crippen molar-refractivity contribution >= 4 is 32.8 Å². The molecule has 1 unspecified atom stereocenters. The fourth-order valence-corrected chi connectivity index (χ4v) is 3.68. The lowest BCUT2D eigenvalue weighted by Gasteiger charge is -2.09. The molecule has 0 amide bonds. The van der Waals surface area contributed by atoms with E-state index in [-0.39, 0.29) is 11.5 Å². The highest BCUT2D eigenvalue weighted by atomic mass is 35.5. The normalized spacial score (nSPS) is 13.9. The monoisotopic (exact) mass is 296 g/mol. The number of aryl methyl sites for hydroxylation is 1. The zero-order valence-corrected chi connectivity index (χ0v) is 12.3. The van der Waals surface area contributed by atoms with Gasteiger partial charge in [0.15, 0.2) is 0 Å². The molecule has 0 aliphatic heterocycles. The van der Waals surface area contributed by atoms with Gasteiger partial charge in [0.2, 0.25) is 0 Å². The van der Waals surface area contributed by atoms with Crippen molar-refractivity contribution in [3.63, 3.8) is 0 Å². The molecule has 0 saturated heterocycles. The van der Waals surface area contributed by atoms with Gasteiger partial charge in [0, 0.05) is 5.75 Å². The minimum Gasteiger partial charge on any atom is -0.388 e. The lowest BCUT2D eigenvalue weighted by molar-refractivity contribution is 0.170. The summed E-state index contributed by atoms with van der Waals surface area (Å²) >= 11 is 7.45. The smallest absolute Gasteiger partial charge is 0.150 e. The summed E-state index contributed by atoms with van der Waals surface area (Å²) in [5.41, 5.74) is 0.951. The molecule has 1 aromatic heterocycles. The van der Waals surface area contributed by atoms with Crippen molar-refractivity contribution in [2.24, 2.45) is 0 Å². The van der Waals surface area contributed by atoms with Gasteiger partial charge in [-0.1, -0.05) is 18.5 Å². The summed E-state index contributed by atoms with van der Waals surface area (Å²) in [6.07, 6.45) is 0.233. The Kier molecular flexibility index (Phi) is 5.44. The van der Waals surface area contributed by atoms with E-state index in [9.17, 15) is 13.5 Å². The molecule has 98 valence electrons. The van der Waals surface area contributed by atoms with Gasteiger partial charge in [-0.2, -0.15) is 0 Å². The minimum absolute atomic E-state index is 0.128. The van der Waals surface area contributed by atoms with Crippen molar-refractivity contribution in [1.82, 2.24) is 0 Å². The van der Waals surface area contributed by atoms with Crippen LogP contribution in [0.4, 0.5) is 0 Å². The zero-order valence-electron chi connectivity index (χ0n) is 9.94. The molecule has 1 aromatic rings. The first-order valence-electron chi connectivity index (χ1n) is 5.49. The molecule has 0 fully saturated rings. The lowest BCUT2D eigenvalue weighted by atomic mass is 10.1. The fourth-order valence-electron chi connectivity index (χ4n) is 1.45. The van der Waals surface area contributed by atoms with Crippen LogP contribution < -0.4 is 0 Å². The summed E-state index contributed by atoms with van der Waals surface area (Å²) in [7, 11) is -2.94. The Morgan fingerprint density at radius 1 is 1.53 bits per heavy atom. The van der Waals surface area contributed by atoms with E-state index >= 15 is 0 Å². The van der Waals surface area contributed by atoms with Gasteiger partial charge in [-0.25, -0.2) is 8.42 Å². The van der Waals surface area contributed by atoms with Gasteiger partial charge in [-0.05, 0) is 30.7 Å². The standard InChI is InChI=1S/C11H17ClO3S2/c1-3-17(14,15)6-4-5-9(13)11-10(12)8(2)7-16-11/h7,9,13H,3-6H2,1-2H3. The summed E-state index contributed by atoms with van der Waals surface area (Å²) in [5.74, 6) is 0.282. The molecule has 17 heavy (non-hydrogen) atoms. The van der Waals surface area contributed by atoms with Crippen molar-refractivity contribution in [3.8, 4) is 0 Å². The number of hydrogen-bond acceptors (Lipinski definition) is 4. The molecule has 1 N–H and O–H groups in total. The molecular weight excluding hydrogens is 280 g/mol. The van der Waals surface area contributed by atoms with Crippen molar-refractivity contribution in [1.29, 1.82) is 0 Å². The van der Waals surface area contributed by atoms with Crippen LogP contribution in [0.3, 0.4) is 0 Å². The first-order chi connectivity index (χ1) is 7.87. The predicted octanol–water partition coefficient (Wildman–Crippen LogP) is 2.96. The molecule has 0 saturated carbocycles. The molecule has 0 aliphatic rings. The molecule has 1 rings (SSSR count). The maximum atomic E-state index is 11.3. The van der Waals surface area contributed by atoms with Crippen molar-refractivity contribution in [2.45, 2.75) is 32.8 Å². The first kappa shape index (κ1) is 15.0. The van der Waals surface area contributed by atoms with E-state index in [1.54, 1.807) is 6.92 Å². The molecule has 0 aromatic carbocycles. The summed E-state index contributed by atoms with van der Waals surface area (Å²) < 4.78 is 22.6. The molecule has 0 aliphatic carbocycles. The van der Waals surface area contributed by atoms with E-state index in [0.717, 1.165) is 10.4 Å². The van der Waals surface area contributed by atoms with Gasteiger partial charge in [-0.3, -0.25) is 0 Å². The minimum atomic E-state index is -2.94. The third-order valence-electron chi connectivity index (χ3n) is 2.60. The maximum absolute atomic E-state index is 11.3. The summed E-state index contributed by atoms with van der Waals surface area (Å²) in [6.45, 7) is 3.52. The maximum Gasteiger partial charge on any atom is 0.150 e. The number of rotatable bonds is 6. The highest BCUT2D eigenvalue weighted by molar-refractivity contribution is 7.91. The average molecular weight is 297 g/mol. The van der Waals surface area contributed by atoms with Crippen molar-refractivity contribution in [2.75, 3.05) is 11.5 Å². The zero-order chi connectivity index (χ0) is 13.1. The van der Waals surface area contributed by atoms with Gasteiger partial charge in [0.1, 0.15) is 9.84 Å². The Hall–Kier alpha value is -0.100. The molecule has 0 spiro atoms. The van der Waals surface area contributed by atoms with E-state index < -0.39 is 15.9 Å². The highest BCUT2D eigenvalue weighted by Gasteiger charge is 2.16. The van der Waals surface area contributed by atoms with Gasteiger partial charge in [-0.15, -0.1) is 11.3 Å². The number of sulfone groups is 1. The fraction of sp³-hybridized carbons (Fsp3) is 0.636. The van der Waals surface area contributed by atoms with Crippen LogP contribution in [0.2, 0.25) is 5.02 Å². The lowest BCUT2D eigenvalue weighted by Crippen LogP contribution is -2.09. The van der Waals surface area contributed by atoms with Gasteiger partial charge in [0.25, 0.3) is 0 Å². The second-order valence-corrected chi connectivity index (χ2v) is 7.75. The molecule has 1 atom stereocenters. The Morgan fingerprint density at radius 2 is 2.18 bits per heavy atom. The second-order valence-electron chi connectivity index (χ2n) is 3.99. The molecule has 0 radical (unpaired) electrons. The van der Waals surface area contributed by atoms with Crippen LogP contribution in [-0.4, -0.2) is 25.0 Å². The SMILES string of the molecule is CCS(=O)(=O)CCCC(O)c1scc(C)c1Cl. The third-order valence-corrected chi connectivity index (χ3v) is 6.21. The number of aliphatic hydroxyl groups is 1. The molecule has 0 bridgehead atoms. The molecule has 3 nitrogen and oxygen atoms in total. The van der Waals surface area contributed by atoms with Crippen LogP contribution in [0, 0.1) is 6.92 Å². The van der Waals surface area contributed by atoms with Crippen LogP contribution in [-0.2, 0) is 9.84 Å². The van der Waals surface area contributed by atoms with Gasteiger partial charge < -0.3 is 5.11 Å². The van der Waals surface area contributed by atoms with E-state index in [4.69, 9.17) is 11.6 Å². The number of thiophene rings is 1. The Labute approximate surface area is 111 Å². The van der Waals surface area contributed by atoms with Crippen LogP contribution in [0.5, 0.6) is 0 Å². The highest BCUT2D eigenvalue weighted by Crippen LogP contribution is 2.34. The average Bonchev–Trinajstić information content (AvgIpc) is 2.59. The van der Waals surface area contributed by atoms with Crippen molar-refractivity contribution < 1.29 is 13.5 Å². The number of halogens is 1. The molecular formula is C11H17ClO3S2. The van der Waals surface area contributed by atoms with Crippen molar-refractivity contribution in [3.05, 3.63) is 20.8 Å². The number of hydrogen-bond donors (Lipinski definition) is 1. The van der Waals surface area contributed by atoms with Gasteiger partial charge in [0.05, 0.1) is 21.8 Å². The topological polar surface area (TPSA) is 54.4 Å². The van der Waals surface area contributed by atoms with Gasteiger partial charge >= 0.3 is 0 Å². The Balaban J connectivity index is 2.51. The predicted molar refractivity (Wildman–Crippen MR) is 72.6 cm³/mol. The molecule has 6 heteroatoms. The van der Waals surface area contributed by atoms with Crippen LogP contribution in [0.1, 0.15) is 36.3 Å². The van der Waals surface area contributed by atoms with E-state index in [1.807, 2.05) is 12.3 Å². The summed E-state index contributed by atoms with van der Waals surface area (Å²) in [4.78, 5) is 0.734. The summed E-state index contributed by atoms with van der Waals surface area (Å²) in [5, 5.41) is 12.4. The summed E-state index contributed by atoms with van der Waals surface area (Å²) in [6, 6.07) is 0. The Bertz CT molecular complexity index is 465. The van der Waals surface area contributed by atoms with Crippen LogP contribution >= 0.6 is 22.9 Å². The van der Waals surface area contributed by atoms with Crippen LogP contribution in [0.25, 0.3) is 0 Å². The van der Waals surface area contributed by atoms with Crippen LogP contribution in [0.15, 0.2) is 5.38 Å². The first-order valence-corrected chi connectivity index (χ1v) is 8.57. The van der Waals surface area contributed by atoms with E-state index in [1.165, 1.54) is 11.3 Å². The largest absolute Gasteiger partial charge is 0.388 e. The Morgan fingerprint density at radius 3 is 2.65 bits per heavy atom. The molecule has 1 heterocycles. The second kappa shape index (κ2) is 6.18. The quantitative estimate of drug-likeness (QED) is 0.878. The number of aliphatic hydroxyl groups excluding tert-OH is 1. The van der Waals surface area contributed by atoms with E-state index in [2.05, 4.69) is 0 Å². The van der Waals surface area contributed by atoms with E-state index in [0.29, 0.717) is 17.9 Å².